The fourth-order valence-corrected chi connectivity index (χ4v) is 10.6. The van der Waals surface area contributed by atoms with Crippen LogP contribution in [0.3, 0.4) is 0 Å². The number of nitrogens with zero attached hydrogens (tertiary/aromatic N) is 2. The number of aromatic hydroxyl groups is 1. The number of morpholine rings is 1. The predicted molar refractivity (Wildman–Crippen MR) is 199 cm³/mol. The second-order valence-electron chi connectivity index (χ2n) is 16.4. The maximum Gasteiger partial charge on any atom is 0.123 e. The van der Waals surface area contributed by atoms with Gasteiger partial charge in [0.2, 0.25) is 0 Å². The number of hydrogen-bond acceptors (Lipinski definition) is 4. The van der Waals surface area contributed by atoms with Crippen molar-refractivity contribution >= 4 is 27.8 Å². The van der Waals surface area contributed by atoms with Gasteiger partial charge >= 0.3 is 0 Å². The number of phenols is 1. The Morgan fingerprint density at radius 2 is 1.35 bits per heavy atom. The molecular weight excluding hydrogens is 588 g/mol. The zero-order valence-electron chi connectivity index (χ0n) is 28.8. The molecule has 0 aromatic heterocycles. The molecule has 244 valence electrons. The Hall–Kier alpha value is -4.28. The third-order valence-corrected chi connectivity index (χ3v) is 11.7. The van der Waals surface area contributed by atoms with E-state index in [2.05, 4.69) is 128 Å². The third-order valence-electron chi connectivity index (χ3n) is 11.7. The molecule has 2 aliphatic carbocycles. The second kappa shape index (κ2) is 10.6. The Bertz CT molecular complexity index is 2050. The minimum absolute atomic E-state index is 0.128. The lowest BCUT2D eigenvalue weighted by Crippen LogP contribution is -2.43. The number of para-hydroxylation sites is 1. The molecule has 48 heavy (non-hydrogen) atoms. The normalized spacial score (nSPS) is 20.2. The van der Waals surface area contributed by atoms with Crippen molar-refractivity contribution in [3.8, 4) is 28.0 Å². The standard InChI is InChI=1S/C44H46N2O2/c1-42(2)26-43(3,4)28-44(27-42)36-11-7-6-10-32(36)41-35-24-39(46-18-17-30-9-5-8-12-38(30)46)33(23-34(35)40(47)25-37(41)44)29-13-15-31(16-14-29)45-19-21-48-22-20-45/h5-16,23-25,47H,17-22,26-28H2,1-4H3. The lowest BCUT2D eigenvalue weighted by atomic mass is 9.52. The molecule has 9 rings (SSSR count). The first-order chi connectivity index (χ1) is 23.1. The van der Waals surface area contributed by atoms with Crippen LogP contribution in [-0.4, -0.2) is 38.0 Å². The second-order valence-corrected chi connectivity index (χ2v) is 16.4. The van der Waals surface area contributed by atoms with E-state index in [9.17, 15) is 5.11 Å². The first-order valence-corrected chi connectivity index (χ1v) is 17.9. The Kier molecular flexibility index (Phi) is 6.59. The summed E-state index contributed by atoms with van der Waals surface area (Å²) in [7, 11) is 0. The highest BCUT2D eigenvalue weighted by Crippen LogP contribution is 2.65. The van der Waals surface area contributed by atoms with Gasteiger partial charge in [0.1, 0.15) is 5.75 Å². The molecule has 2 aliphatic heterocycles. The number of hydrogen-bond donors (Lipinski definition) is 1. The summed E-state index contributed by atoms with van der Waals surface area (Å²) in [5.74, 6) is 0.386. The molecule has 4 aliphatic rings. The number of benzene rings is 5. The lowest BCUT2D eigenvalue weighted by molar-refractivity contribution is 0.0645. The Morgan fingerprint density at radius 1 is 0.646 bits per heavy atom. The van der Waals surface area contributed by atoms with Gasteiger partial charge in [-0.05, 0) is 112 Å². The summed E-state index contributed by atoms with van der Waals surface area (Å²) >= 11 is 0. The van der Waals surface area contributed by atoms with Crippen LogP contribution in [-0.2, 0) is 16.6 Å². The molecule has 1 saturated heterocycles. The predicted octanol–water partition coefficient (Wildman–Crippen LogP) is 10.2. The Morgan fingerprint density at radius 3 is 2.12 bits per heavy atom. The molecule has 0 bridgehead atoms. The van der Waals surface area contributed by atoms with Crippen LogP contribution in [0, 0.1) is 10.8 Å². The molecule has 1 N–H and O–H groups in total. The molecule has 2 fully saturated rings. The van der Waals surface area contributed by atoms with Gasteiger partial charge < -0.3 is 19.6 Å². The van der Waals surface area contributed by atoms with E-state index in [0.717, 1.165) is 68.4 Å². The smallest absolute Gasteiger partial charge is 0.123 e. The third kappa shape index (κ3) is 4.59. The molecule has 1 saturated carbocycles. The van der Waals surface area contributed by atoms with Crippen LogP contribution >= 0.6 is 0 Å². The summed E-state index contributed by atoms with van der Waals surface area (Å²) in [6, 6.07) is 33.8. The molecule has 2 heterocycles. The van der Waals surface area contributed by atoms with Gasteiger partial charge in [-0.1, -0.05) is 82.3 Å². The fourth-order valence-electron chi connectivity index (χ4n) is 10.6. The highest BCUT2D eigenvalue weighted by atomic mass is 16.5. The van der Waals surface area contributed by atoms with Crippen LogP contribution in [0.2, 0.25) is 0 Å². The molecule has 0 unspecified atom stereocenters. The van der Waals surface area contributed by atoms with Crippen LogP contribution in [0.4, 0.5) is 17.1 Å². The number of fused-ring (bicyclic) bond motifs is 8. The van der Waals surface area contributed by atoms with Crippen LogP contribution in [0.1, 0.15) is 63.6 Å². The molecule has 0 radical (unpaired) electrons. The maximum atomic E-state index is 12.1. The number of phenolic OH excluding ortho intramolecular Hbond substituents is 1. The zero-order chi connectivity index (χ0) is 32.8. The average Bonchev–Trinajstić information content (AvgIpc) is 3.61. The molecule has 4 nitrogen and oxygen atoms in total. The number of rotatable bonds is 3. The number of ether oxygens (including phenoxy) is 1. The summed E-state index contributed by atoms with van der Waals surface area (Å²) < 4.78 is 5.61. The van der Waals surface area contributed by atoms with Gasteiger partial charge in [-0.25, -0.2) is 0 Å². The van der Waals surface area contributed by atoms with E-state index in [-0.39, 0.29) is 16.2 Å². The van der Waals surface area contributed by atoms with Crippen LogP contribution in [0.15, 0.2) is 91.0 Å². The van der Waals surface area contributed by atoms with Crippen molar-refractivity contribution in [2.24, 2.45) is 10.8 Å². The molecule has 5 aromatic rings. The quantitative estimate of drug-likeness (QED) is 0.214. The highest BCUT2D eigenvalue weighted by molar-refractivity contribution is 6.09. The van der Waals surface area contributed by atoms with E-state index in [4.69, 9.17) is 4.74 Å². The lowest BCUT2D eigenvalue weighted by Gasteiger charge is -2.51. The van der Waals surface area contributed by atoms with Gasteiger partial charge in [-0.3, -0.25) is 0 Å². The first-order valence-electron chi connectivity index (χ1n) is 17.9. The van der Waals surface area contributed by atoms with E-state index < -0.39 is 0 Å². The summed E-state index contributed by atoms with van der Waals surface area (Å²) in [4.78, 5) is 4.92. The van der Waals surface area contributed by atoms with Crippen molar-refractivity contribution in [1.29, 1.82) is 0 Å². The zero-order valence-corrected chi connectivity index (χ0v) is 28.8. The fraction of sp³-hybridized carbons (Fsp3) is 0.364. The minimum atomic E-state index is -0.128. The van der Waals surface area contributed by atoms with E-state index in [1.54, 1.807) is 0 Å². The molecular formula is C44H46N2O2. The Balaban J connectivity index is 1.29. The van der Waals surface area contributed by atoms with Crippen LogP contribution in [0.25, 0.3) is 33.0 Å². The van der Waals surface area contributed by atoms with E-state index in [1.165, 1.54) is 56.9 Å². The summed E-state index contributed by atoms with van der Waals surface area (Å²) in [6.45, 7) is 14.1. The van der Waals surface area contributed by atoms with Gasteiger partial charge in [0, 0.05) is 53.1 Å². The largest absolute Gasteiger partial charge is 0.507 e. The summed E-state index contributed by atoms with van der Waals surface area (Å²) in [6.07, 6.45) is 4.39. The van der Waals surface area contributed by atoms with E-state index >= 15 is 0 Å². The molecule has 1 spiro atoms. The monoisotopic (exact) mass is 634 g/mol. The molecule has 5 aromatic carbocycles. The van der Waals surface area contributed by atoms with Gasteiger partial charge in [0.25, 0.3) is 0 Å². The van der Waals surface area contributed by atoms with Gasteiger partial charge in [0.05, 0.1) is 13.2 Å². The van der Waals surface area contributed by atoms with Crippen molar-refractivity contribution < 1.29 is 9.84 Å². The van der Waals surface area contributed by atoms with Crippen molar-refractivity contribution in [2.75, 3.05) is 42.6 Å². The summed E-state index contributed by atoms with van der Waals surface area (Å²) in [5.41, 5.74) is 13.1. The number of anilines is 3. The van der Waals surface area contributed by atoms with Crippen molar-refractivity contribution in [3.63, 3.8) is 0 Å². The highest BCUT2D eigenvalue weighted by Gasteiger charge is 2.53. The van der Waals surface area contributed by atoms with Gasteiger partial charge in [0.15, 0.2) is 0 Å². The topological polar surface area (TPSA) is 35.9 Å². The molecule has 0 amide bonds. The van der Waals surface area contributed by atoms with Gasteiger partial charge in [-0.2, -0.15) is 0 Å². The maximum absolute atomic E-state index is 12.1. The van der Waals surface area contributed by atoms with Crippen LogP contribution in [0.5, 0.6) is 5.75 Å². The Labute approximate surface area is 285 Å². The van der Waals surface area contributed by atoms with E-state index in [1.807, 2.05) is 0 Å². The van der Waals surface area contributed by atoms with Crippen molar-refractivity contribution in [3.05, 3.63) is 108 Å². The van der Waals surface area contributed by atoms with Crippen LogP contribution < -0.4 is 9.80 Å². The SMILES string of the molecule is CC1(C)CC(C)(C)CC2(C1)c1ccccc1-c1c2cc(O)c2cc(-c3ccc(N4CCOCC4)cc3)c(N3CCc4ccccc43)cc12. The van der Waals surface area contributed by atoms with Crippen molar-refractivity contribution in [2.45, 2.75) is 58.8 Å². The molecule has 0 atom stereocenters. The average molecular weight is 635 g/mol. The van der Waals surface area contributed by atoms with Gasteiger partial charge in [-0.15, -0.1) is 0 Å². The minimum Gasteiger partial charge on any atom is -0.507 e. The van der Waals surface area contributed by atoms with Crippen molar-refractivity contribution in [1.82, 2.24) is 0 Å². The summed E-state index contributed by atoms with van der Waals surface area (Å²) in [5, 5.41) is 14.1. The van der Waals surface area contributed by atoms with E-state index in [0.29, 0.717) is 5.75 Å². The molecule has 4 heteroatoms. The first kappa shape index (κ1) is 29.8.